The van der Waals surface area contributed by atoms with Crippen molar-refractivity contribution in [3.05, 3.63) is 64.2 Å². The van der Waals surface area contributed by atoms with Crippen LogP contribution in [0.25, 0.3) is 0 Å². The van der Waals surface area contributed by atoms with Crippen molar-refractivity contribution in [1.82, 2.24) is 20.1 Å². The molecule has 0 radical (unpaired) electrons. The van der Waals surface area contributed by atoms with Gasteiger partial charge in [0.1, 0.15) is 0 Å². The average Bonchev–Trinajstić information content (AvgIpc) is 2.74. The lowest BCUT2D eigenvalue weighted by molar-refractivity contribution is -0.123. The third-order valence-corrected chi connectivity index (χ3v) is 7.46. The van der Waals surface area contributed by atoms with E-state index in [0.717, 1.165) is 5.56 Å². The number of carbonyl (C=O) groups excluding carboxylic acids is 2. The van der Waals surface area contributed by atoms with Crippen molar-refractivity contribution in [3.8, 4) is 0 Å². The summed E-state index contributed by atoms with van der Waals surface area (Å²) in [7, 11) is -3.59. The molecule has 0 aliphatic carbocycles. The zero-order chi connectivity index (χ0) is 22.6. The predicted octanol–water partition coefficient (Wildman–Crippen LogP) is 1.72. The van der Waals surface area contributed by atoms with Gasteiger partial charge in [0.05, 0.1) is 22.0 Å². The van der Waals surface area contributed by atoms with Gasteiger partial charge in [-0.1, -0.05) is 35.9 Å². The van der Waals surface area contributed by atoms with Crippen molar-refractivity contribution in [3.63, 3.8) is 0 Å². The molecule has 0 saturated carbocycles. The minimum Gasteiger partial charge on any atom is -0.292 e. The summed E-state index contributed by atoms with van der Waals surface area (Å²) < 4.78 is 27.4. The van der Waals surface area contributed by atoms with E-state index in [-0.39, 0.29) is 30.2 Å². The van der Waals surface area contributed by atoms with E-state index in [4.69, 9.17) is 11.6 Å². The summed E-state index contributed by atoms with van der Waals surface area (Å²) in [4.78, 5) is 26.4. The number of benzene rings is 2. The van der Waals surface area contributed by atoms with E-state index < -0.39 is 21.8 Å². The van der Waals surface area contributed by atoms with Crippen LogP contribution in [0.2, 0.25) is 5.02 Å². The first-order chi connectivity index (χ1) is 14.7. The number of piperazine rings is 1. The second-order valence-electron chi connectivity index (χ2n) is 7.43. The van der Waals surface area contributed by atoms with Crippen LogP contribution >= 0.6 is 11.6 Å². The second-order valence-corrected chi connectivity index (χ2v) is 9.74. The van der Waals surface area contributed by atoms with Crippen molar-refractivity contribution in [2.24, 2.45) is 0 Å². The van der Waals surface area contributed by atoms with Gasteiger partial charge in [-0.15, -0.1) is 0 Å². The van der Waals surface area contributed by atoms with Crippen LogP contribution in [0.3, 0.4) is 0 Å². The van der Waals surface area contributed by atoms with Crippen molar-refractivity contribution < 1.29 is 18.0 Å². The van der Waals surface area contributed by atoms with E-state index >= 15 is 0 Å². The Morgan fingerprint density at radius 3 is 2.35 bits per heavy atom. The molecule has 2 N–H and O–H groups in total. The van der Waals surface area contributed by atoms with Crippen LogP contribution in [-0.2, 0) is 14.8 Å². The molecular weight excluding hydrogens is 440 g/mol. The Morgan fingerprint density at radius 1 is 1.00 bits per heavy atom. The highest BCUT2D eigenvalue weighted by Crippen LogP contribution is 2.22. The molecule has 1 heterocycles. The van der Waals surface area contributed by atoms with Crippen LogP contribution in [0.1, 0.15) is 21.5 Å². The molecule has 31 heavy (non-hydrogen) atoms. The average molecular weight is 465 g/mol. The molecule has 0 aromatic heterocycles. The van der Waals surface area contributed by atoms with Gasteiger partial charge in [0.2, 0.25) is 10.0 Å². The number of hydrazine groups is 1. The number of hydrogen-bond acceptors (Lipinski definition) is 5. The standard InChI is InChI=1S/C21H25ClN4O4S/c1-15-7-8-16(2)19(13-15)31(29,30)26-11-9-25(10-12-26)14-20(27)23-24-21(28)17-5-3-4-6-18(17)22/h3-8,13H,9-12,14H2,1-2H3,(H,23,27)(H,24,28). The fourth-order valence-corrected chi connectivity index (χ4v) is 5.29. The van der Waals surface area contributed by atoms with Crippen LogP contribution < -0.4 is 10.9 Å². The highest BCUT2D eigenvalue weighted by atomic mass is 35.5. The maximum absolute atomic E-state index is 13.0. The van der Waals surface area contributed by atoms with E-state index in [1.807, 2.05) is 17.9 Å². The molecule has 0 bridgehead atoms. The Hall–Kier alpha value is -2.46. The maximum Gasteiger partial charge on any atom is 0.271 e. The van der Waals surface area contributed by atoms with Gasteiger partial charge in [-0.3, -0.25) is 25.3 Å². The molecular formula is C21H25ClN4O4S. The molecule has 10 heteroatoms. The number of hydrogen-bond donors (Lipinski definition) is 2. The van der Waals surface area contributed by atoms with Crippen LogP contribution in [0.4, 0.5) is 0 Å². The lowest BCUT2D eigenvalue weighted by Crippen LogP contribution is -2.52. The lowest BCUT2D eigenvalue weighted by atomic mass is 10.2. The number of halogens is 1. The van der Waals surface area contributed by atoms with Crippen LogP contribution in [0, 0.1) is 13.8 Å². The zero-order valence-electron chi connectivity index (χ0n) is 17.4. The Morgan fingerprint density at radius 2 is 1.68 bits per heavy atom. The number of rotatable bonds is 5. The number of aryl methyl sites for hydroxylation is 2. The normalized spacial score (nSPS) is 15.5. The zero-order valence-corrected chi connectivity index (χ0v) is 19.0. The van der Waals surface area contributed by atoms with Crippen LogP contribution in [-0.4, -0.2) is 62.2 Å². The van der Waals surface area contributed by atoms with E-state index in [1.165, 1.54) is 4.31 Å². The molecule has 1 aliphatic rings. The molecule has 1 fully saturated rings. The van der Waals surface area contributed by atoms with Gasteiger partial charge in [-0.2, -0.15) is 4.31 Å². The summed E-state index contributed by atoms with van der Waals surface area (Å²) in [5.74, 6) is -0.908. The highest BCUT2D eigenvalue weighted by Gasteiger charge is 2.30. The first kappa shape index (κ1) is 23.2. The first-order valence-electron chi connectivity index (χ1n) is 9.82. The number of carbonyl (C=O) groups is 2. The molecule has 8 nitrogen and oxygen atoms in total. The predicted molar refractivity (Wildman–Crippen MR) is 118 cm³/mol. The summed E-state index contributed by atoms with van der Waals surface area (Å²) in [6.45, 7) is 5.08. The third-order valence-electron chi connectivity index (χ3n) is 5.09. The molecule has 0 spiro atoms. The van der Waals surface area contributed by atoms with Crippen molar-refractivity contribution in [1.29, 1.82) is 0 Å². The fraction of sp³-hybridized carbons (Fsp3) is 0.333. The SMILES string of the molecule is Cc1ccc(C)c(S(=O)(=O)N2CCN(CC(=O)NNC(=O)c3ccccc3Cl)CC2)c1. The molecule has 0 atom stereocenters. The highest BCUT2D eigenvalue weighted by molar-refractivity contribution is 7.89. The molecule has 0 unspecified atom stereocenters. The topological polar surface area (TPSA) is 98.8 Å². The smallest absolute Gasteiger partial charge is 0.271 e. The van der Waals surface area contributed by atoms with E-state index in [0.29, 0.717) is 23.5 Å². The maximum atomic E-state index is 13.0. The summed E-state index contributed by atoms with van der Waals surface area (Å²) in [5, 5.41) is 0.287. The van der Waals surface area contributed by atoms with Gasteiger partial charge in [0.15, 0.2) is 0 Å². The number of amides is 2. The van der Waals surface area contributed by atoms with Crippen LogP contribution in [0.5, 0.6) is 0 Å². The van der Waals surface area contributed by atoms with E-state index in [9.17, 15) is 18.0 Å². The Kier molecular flexibility index (Phi) is 7.32. The van der Waals surface area contributed by atoms with Gasteiger partial charge in [0.25, 0.3) is 11.8 Å². The van der Waals surface area contributed by atoms with Gasteiger partial charge in [-0.05, 0) is 43.2 Å². The summed E-state index contributed by atoms with van der Waals surface area (Å²) in [6, 6.07) is 11.9. The summed E-state index contributed by atoms with van der Waals surface area (Å²) in [6.07, 6.45) is 0. The second kappa shape index (κ2) is 9.78. The third kappa shape index (κ3) is 5.62. The quantitative estimate of drug-likeness (QED) is 0.656. The monoisotopic (exact) mass is 464 g/mol. The van der Waals surface area contributed by atoms with Crippen molar-refractivity contribution in [2.75, 3.05) is 32.7 Å². The van der Waals surface area contributed by atoms with Crippen molar-refractivity contribution in [2.45, 2.75) is 18.7 Å². The van der Waals surface area contributed by atoms with Gasteiger partial charge in [-0.25, -0.2) is 8.42 Å². The fourth-order valence-electron chi connectivity index (χ4n) is 3.33. The molecule has 166 valence electrons. The minimum absolute atomic E-state index is 0.0418. The Labute approximate surface area is 187 Å². The summed E-state index contributed by atoms with van der Waals surface area (Å²) >= 11 is 5.97. The molecule has 2 aromatic rings. The molecule has 2 aromatic carbocycles. The van der Waals surface area contributed by atoms with Crippen LogP contribution in [0.15, 0.2) is 47.4 Å². The Balaban J connectivity index is 1.51. The first-order valence-corrected chi connectivity index (χ1v) is 11.6. The minimum atomic E-state index is -3.59. The number of nitrogens with one attached hydrogen (secondary N) is 2. The van der Waals surface area contributed by atoms with Gasteiger partial charge < -0.3 is 0 Å². The summed E-state index contributed by atoms with van der Waals surface area (Å²) in [5.41, 5.74) is 6.56. The number of nitrogens with zero attached hydrogens (tertiary/aromatic N) is 2. The molecule has 1 aliphatic heterocycles. The van der Waals surface area contributed by atoms with Gasteiger partial charge >= 0.3 is 0 Å². The molecule has 1 saturated heterocycles. The largest absolute Gasteiger partial charge is 0.292 e. The molecule has 3 rings (SSSR count). The van der Waals surface area contributed by atoms with Gasteiger partial charge in [0, 0.05) is 26.2 Å². The number of sulfonamides is 1. The van der Waals surface area contributed by atoms with Crippen molar-refractivity contribution >= 4 is 33.4 Å². The Bertz CT molecular complexity index is 1080. The molecule has 2 amide bonds. The lowest BCUT2D eigenvalue weighted by Gasteiger charge is -2.33. The van der Waals surface area contributed by atoms with E-state index in [1.54, 1.807) is 43.3 Å². The van der Waals surface area contributed by atoms with E-state index in [2.05, 4.69) is 10.9 Å².